The highest BCUT2D eigenvalue weighted by Crippen LogP contribution is 2.45. The maximum atomic E-state index is 15.6. The Labute approximate surface area is 265 Å². The van der Waals surface area contributed by atoms with Crippen molar-refractivity contribution >= 4 is 23.5 Å². The Morgan fingerprint density at radius 2 is 1.85 bits per heavy atom. The van der Waals surface area contributed by atoms with E-state index >= 15 is 4.39 Å². The molecule has 0 aliphatic heterocycles. The number of aliphatic hydroxyl groups is 1. The highest BCUT2D eigenvalue weighted by atomic mass is 32.1. The van der Waals surface area contributed by atoms with Crippen molar-refractivity contribution in [2.75, 3.05) is 6.79 Å². The van der Waals surface area contributed by atoms with Gasteiger partial charge in [-0.3, -0.25) is 0 Å². The van der Waals surface area contributed by atoms with E-state index in [1.807, 2.05) is 0 Å². The van der Waals surface area contributed by atoms with E-state index in [0.717, 1.165) is 17.7 Å². The molecule has 0 fully saturated rings. The molecule has 5 rings (SSSR count). The molecule has 0 aliphatic rings. The van der Waals surface area contributed by atoms with Crippen LogP contribution >= 0.6 is 11.3 Å². The minimum absolute atomic E-state index is 0.151. The van der Waals surface area contributed by atoms with E-state index in [-0.39, 0.29) is 24.3 Å². The molecule has 2 atom stereocenters. The summed E-state index contributed by atoms with van der Waals surface area (Å²) in [6.07, 6.45) is 1.27. The zero-order valence-corrected chi connectivity index (χ0v) is 25.0. The van der Waals surface area contributed by atoms with E-state index in [9.17, 15) is 19.1 Å². The van der Waals surface area contributed by atoms with Gasteiger partial charge in [-0.2, -0.15) is 10.4 Å². The van der Waals surface area contributed by atoms with Crippen molar-refractivity contribution in [1.29, 1.82) is 5.26 Å². The number of rotatable bonds is 11. The molecular formula is C32H25F2N5O6S. The number of nitriles is 1. The number of aliphatic hydroxyl groups excluding tert-OH is 1. The first-order valence-corrected chi connectivity index (χ1v) is 14.6. The lowest BCUT2D eigenvalue weighted by Gasteiger charge is -2.37. The van der Waals surface area contributed by atoms with E-state index in [0.29, 0.717) is 27.9 Å². The summed E-state index contributed by atoms with van der Waals surface area (Å²) in [6.45, 7) is 0.337. The molecule has 2 aromatic heterocycles. The first kappa shape index (κ1) is 31.9. The zero-order chi connectivity index (χ0) is 32.7. The lowest BCUT2D eigenvalue weighted by Crippen LogP contribution is -2.43. The lowest BCUT2D eigenvalue weighted by molar-refractivity contribution is -0.0881. The molecule has 0 aliphatic carbocycles. The maximum absolute atomic E-state index is 15.6. The number of carbonyl (C=O) groups excluding carboxylic acids is 2. The largest absolute Gasteiger partial charge is 0.512 e. The normalized spacial score (nSPS) is 12.8. The molecule has 14 heteroatoms. The summed E-state index contributed by atoms with van der Waals surface area (Å²) in [7, 11) is 0. The Hall–Kier alpha value is -5.52. The fourth-order valence-corrected chi connectivity index (χ4v) is 5.66. The molecule has 0 saturated carbocycles. The van der Waals surface area contributed by atoms with Crippen LogP contribution in [0.4, 0.5) is 13.6 Å². The molecule has 0 saturated heterocycles. The fraction of sp³-hybridized carbons (Fsp3) is 0.188. The smallest absolute Gasteiger partial charge is 0.424 e. The van der Waals surface area contributed by atoms with Crippen LogP contribution in [0.2, 0.25) is 0 Å². The molecule has 0 spiro atoms. The van der Waals surface area contributed by atoms with Crippen LogP contribution in [-0.4, -0.2) is 43.8 Å². The van der Waals surface area contributed by atoms with Crippen LogP contribution in [0.5, 0.6) is 0 Å². The van der Waals surface area contributed by atoms with Gasteiger partial charge < -0.3 is 19.3 Å². The van der Waals surface area contributed by atoms with Crippen molar-refractivity contribution < 1.29 is 37.7 Å². The third-order valence-corrected chi connectivity index (χ3v) is 8.18. The van der Waals surface area contributed by atoms with Crippen LogP contribution in [0.25, 0.3) is 11.3 Å². The molecule has 3 aromatic carbocycles. The summed E-state index contributed by atoms with van der Waals surface area (Å²) in [5.41, 5.74) is 0.383. The van der Waals surface area contributed by atoms with Gasteiger partial charge in [0, 0.05) is 22.6 Å². The number of esters is 1. The van der Waals surface area contributed by atoms with Crippen molar-refractivity contribution in [3.05, 3.63) is 124 Å². The van der Waals surface area contributed by atoms with Crippen LogP contribution < -0.4 is 0 Å². The first-order valence-electron chi connectivity index (χ1n) is 13.7. The van der Waals surface area contributed by atoms with Gasteiger partial charge in [0.2, 0.25) is 6.79 Å². The number of hydrogen-bond donors (Lipinski definition) is 1. The molecule has 0 radical (unpaired) electrons. The van der Waals surface area contributed by atoms with E-state index in [1.54, 1.807) is 36.6 Å². The summed E-state index contributed by atoms with van der Waals surface area (Å²) >= 11 is 1.22. The second kappa shape index (κ2) is 14.1. The van der Waals surface area contributed by atoms with Gasteiger partial charge in [-0.25, -0.2) is 33.0 Å². The number of hydrogen-bond acceptors (Lipinski definition) is 11. The summed E-state index contributed by atoms with van der Waals surface area (Å²) in [4.78, 5) is 34.3. The average Bonchev–Trinajstić information content (AvgIpc) is 3.77. The molecule has 2 heterocycles. The molecule has 5 aromatic rings. The van der Waals surface area contributed by atoms with Gasteiger partial charge in [0.05, 0.1) is 42.0 Å². The van der Waals surface area contributed by atoms with E-state index in [1.165, 1.54) is 52.9 Å². The third-order valence-electron chi connectivity index (χ3n) is 7.16. The highest BCUT2D eigenvalue weighted by molar-refractivity contribution is 7.10. The second-order valence-electron chi connectivity index (χ2n) is 9.99. The standard InChI is InChI=1S/C32H25F2N5O6S/c1-20(29-38-28(15-46-29)23-6-2-21(13-35)3-7-23)32(16-39-18-36-17-37-39,26-11-10-25(33)12-27(26)34)45-31(42)44-19-43-30(41)24-8-4-22(14-40)5-9-24/h2-12,15,17-18,20,40H,14,16,19H2,1H3/t20-,32?/m0/s1. The van der Waals surface area contributed by atoms with Crippen LogP contribution in [0.15, 0.2) is 84.8 Å². The van der Waals surface area contributed by atoms with Gasteiger partial charge in [-0.1, -0.05) is 31.2 Å². The zero-order valence-electron chi connectivity index (χ0n) is 24.2. The van der Waals surface area contributed by atoms with Crippen molar-refractivity contribution in [2.45, 2.75) is 31.6 Å². The molecule has 0 bridgehead atoms. The topological polar surface area (TPSA) is 149 Å². The average molecular weight is 646 g/mol. The van der Waals surface area contributed by atoms with Crippen molar-refractivity contribution in [2.24, 2.45) is 0 Å². The Bertz CT molecular complexity index is 1860. The Morgan fingerprint density at radius 3 is 2.50 bits per heavy atom. The SMILES string of the molecule is C[C@@H](c1nc(-c2ccc(C#N)cc2)cs1)C(Cn1cncn1)(OC(=O)OCOC(=O)c1ccc(CO)cc1)c1ccc(F)cc1F. The number of halogens is 2. The number of ether oxygens (including phenoxy) is 3. The van der Waals surface area contributed by atoms with Gasteiger partial charge in [0.25, 0.3) is 0 Å². The number of carbonyl (C=O) groups is 2. The summed E-state index contributed by atoms with van der Waals surface area (Å²) in [6, 6.07) is 17.6. The van der Waals surface area contributed by atoms with Crippen LogP contribution in [0.3, 0.4) is 0 Å². The highest BCUT2D eigenvalue weighted by Gasteiger charge is 2.47. The molecule has 0 amide bonds. The van der Waals surface area contributed by atoms with Gasteiger partial charge in [0.15, 0.2) is 5.60 Å². The van der Waals surface area contributed by atoms with Gasteiger partial charge in [-0.05, 0) is 42.0 Å². The summed E-state index contributed by atoms with van der Waals surface area (Å²) < 4.78 is 47.0. The van der Waals surface area contributed by atoms with E-state index in [4.69, 9.17) is 24.5 Å². The van der Waals surface area contributed by atoms with E-state index in [2.05, 4.69) is 16.2 Å². The van der Waals surface area contributed by atoms with Gasteiger partial charge in [0.1, 0.15) is 29.3 Å². The number of nitrogens with zero attached hydrogens (tertiary/aromatic N) is 5. The summed E-state index contributed by atoms with van der Waals surface area (Å²) in [5, 5.41) is 24.6. The third kappa shape index (κ3) is 7.06. The quantitative estimate of drug-likeness (QED) is 0.140. The summed E-state index contributed by atoms with van der Waals surface area (Å²) in [5.74, 6) is -3.53. The van der Waals surface area contributed by atoms with Gasteiger partial charge >= 0.3 is 12.1 Å². The van der Waals surface area contributed by atoms with Crippen molar-refractivity contribution in [1.82, 2.24) is 19.7 Å². The fourth-order valence-electron chi connectivity index (χ4n) is 4.69. The predicted octanol–water partition coefficient (Wildman–Crippen LogP) is 5.71. The minimum Gasteiger partial charge on any atom is -0.424 e. The van der Waals surface area contributed by atoms with Crippen molar-refractivity contribution in [3.8, 4) is 17.3 Å². The second-order valence-corrected chi connectivity index (χ2v) is 10.9. The van der Waals surface area contributed by atoms with Gasteiger partial charge in [-0.15, -0.1) is 11.3 Å². The molecule has 234 valence electrons. The molecular weight excluding hydrogens is 620 g/mol. The Kier molecular flexibility index (Phi) is 9.75. The first-order chi connectivity index (χ1) is 22.2. The maximum Gasteiger partial charge on any atom is 0.512 e. The van der Waals surface area contributed by atoms with Crippen LogP contribution in [0, 0.1) is 23.0 Å². The molecule has 11 nitrogen and oxygen atoms in total. The molecule has 46 heavy (non-hydrogen) atoms. The monoisotopic (exact) mass is 645 g/mol. The Balaban J connectivity index is 1.45. The van der Waals surface area contributed by atoms with Crippen molar-refractivity contribution in [3.63, 3.8) is 0 Å². The molecule has 1 N–H and O–H groups in total. The number of thiazole rings is 1. The van der Waals surface area contributed by atoms with Crippen LogP contribution in [-0.2, 0) is 33.0 Å². The number of aromatic nitrogens is 4. The minimum atomic E-state index is -1.92. The molecule has 1 unspecified atom stereocenters. The lowest BCUT2D eigenvalue weighted by atomic mass is 9.81. The van der Waals surface area contributed by atoms with E-state index < -0.39 is 42.1 Å². The number of benzene rings is 3. The van der Waals surface area contributed by atoms with Crippen LogP contribution in [0.1, 0.15) is 44.9 Å². The predicted molar refractivity (Wildman–Crippen MR) is 159 cm³/mol. The Morgan fingerprint density at radius 1 is 1.09 bits per heavy atom.